The number of carbonyl (C=O) groups is 1. The van der Waals surface area contributed by atoms with Crippen molar-refractivity contribution < 1.29 is 4.79 Å². The molecular weight excluding hydrogens is 264 g/mol. The molecule has 0 radical (unpaired) electrons. The van der Waals surface area contributed by atoms with E-state index >= 15 is 0 Å². The normalized spacial score (nSPS) is 19.2. The fourth-order valence-electron chi connectivity index (χ4n) is 3.03. The quantitative estimate of drug-likeness (QED) is 0.857. The lowest BCUT2D eigenvalue weighted by Crippen LogP contribution is -2.38. The van der Waals surface area contributed by atoms with Gasteiger partial charge < -0.3 is 9.47 Å². The van der Waals surface area contributed by atoms with E-state index in [2.05, 4.69) is 20.5 Å². The number of aromatic nitrogens is 2. The Balaban J connectivity index is 1.58. The predicted octanol–water partition coefficient (Wildman–Crippen LogP) is 1.59. The molecule has 1 aromatic carbocycles. The van der Waals surface area contributed by atoms with Gasteiger partial charge in [0, 0.05) is 46.2 Å². The second kappa shape index (κ2) is 5.85. The van der Waals surface area contributed by atoms with E-state index in [-0.39, 0.29) is 5.91 Å². The Morgan fingerprint density at radius 2 is 2.19 bits per heavy atom. The van der Waals surface area contributed by atoms with E-state index < -0.39 is 0 Å². The molecule has 0 bridgehead atoms. The average molecular weight is 286 g/mol. The first-order chi connectivity index (χ1) is 10.1. The summed E-state index contributed by atoms with van der Waals surface area (Å²) in [5.74, 6) is 0.155. The van der Waals surface area contributed by atoms with Crippen LogP contribution in [0.1, 0.15) is 13.3 Å². The van der Waals surface area contributed by atoms with Gasteiger partial charge in [-0.05, 0) is 18.6 Å². The molecule has 1 atom stereocenters. The molecule has 0 aliphatic carbocycles. The molecule has 1 aliphatic heterocycles. The van der Waals surface area contributed by atoms with Crippen molar-refractivity contribution in [2.24, 2.45) is 0 Å². The fraction of sp³-hybridized carbons (Fsp3) is 0.500. The standard InChI is InChI=1S/C16H22N4O/c1-13(21)18(2)14-7-8-19(11-14)9-10-20-12-17-15-5-3-4-6-16(15)20/h3-6,12,14H,7-11H2,1-2H3. The van der Waals surface area contributed by atoms with Crippen molar-refractivity contribution in [3.8, 4) is 0 Å². The van der Waals surface area contributed by atoms with E-state index in [0.29, 0.717) is 6.04 Å². The van der Waals surface area contributed by atoms with Crippen molar-refractivity contribution in [1.29, 1.82) is 0 Å². The molecule has 2 aromatic rings. The number of likely N-dealkylation sites (tertiary alicyclic amines) is 1. The molecule has 0 spiro atoms. The van der Waals surface area contributed by atoms with E-state index in [1.54, 1.807) is 6.92 Å². The Bertz CT molecular complexity index is 636. The van der Waals surface area contributed by atoms with Crippen LogP contribution < -0.4 is 0 Å². The molecule has 1 fully saturated rings. The molecule has 0 N–H and O–H groups in total. The number of nitrogens with zero attached hydrogens (tertiary/aromatic N) is 4. The zero-order valence-corrected chi connectivity index (χ0v) is 12.7. The van der Waals surface area contributed by atoms with E-state index in [0.717, 1.165) is 38.1 Å². The lowest BCUT2D eigenvalue weighted by Gasteiger charge is -2.23. The zero-order chi connectivity index (χ0) is 14.8. The maximum absolute atomic E-state index is 11.4. The smallest absolute Gasteiger partial charge is 0.219 e. The van der Waals surface area contributed by atoms with E-state index in [1.807, 2.05) is 36.5 Å². The molecule has 1 aliphatic rings. The molecule has 112 valence electrons. The first kappa shape index (κ1) is 14.1. The summed E-state index contributed by atoms with van der Waals surface area (Å²) in [4.78, 5) is 20.1. The van der Waals surface area contributed by atoms with Crippen molar-refractivity contribution in [2.45, 2.75) is 25.9 Å². The van der Waals surface area contributed by atoms with Gasteiger partial charge in [0.05, 0.1) is 17.4 Å². The molecule has 1 amide bonds. The topological polar surface area (TPSA) is 41.4 Å². The van der Waals surface area contributed by atoms with Crippen LogP contribution in [0.4, 0.5) is 0 Å². The number of hydrogen-bond acceptors (Lipinski definition) is 3. The zero-order valence-electron chi connectivity index (χ0n) is 12.7. The van der Waals surface area contributed by atoms with E-state index in [1.165, 1.54) is 5.52 Å². The van der Waals surface area contributed by atoms with Crippen molar-refractivity contribution in [3.05, 3.63) is 30.6 Å². The second-order valence-electron chi connectivity index (χ2n) is 5.80. The number of amides is 1. The van der Waals surface area contributed by atoms with Crippen LogP contribution in [0.25, 0.3) is 11.0 Å². The van der Waals surface area contributed by atoms with Gasteiger partial charge in [-0.15, -0.1) is 0 Å². The minimum absolute atomic E-state index is 0.155. The Hall–Kier alpha value is -1.88. The van der Waals surface area contributed by atoms with Gasteiger partial charge in [-0.2, -0.15) is 0 Å². The summed E-state index contributed by atoms with van der Waals surface area (Å²) in [6, 6.07) is 8.58. The highest BCUT2D eigenvalue weighted by Gasteiger charge is 2.26. The van der Waals surface area contributed by atoms with Crippen molar-refractivity contribution >= 4 is 16.9 Å². The van der Waals surface area contributed by atoms with Crippen molar-refractivity contribution in [1.82, 2.24) is 19.4 Å². The average Bonchev–Trinajstić information content (AvgIpc) is 3.11. The molecule has 1 aromatic heterocycles. The molecule has 2 heterocycles. The lowest BCUT2D eigenvalue weighted by molar-refractivity contribution is -0.129. The number of imidazole rings is 1. The number of para-hydroxylation sites is 2. The molecule has 0 saturated carbocycles. The Kier molecular flexibility index (Phi) is 3.92. The number of benzene rings is 1. The molecule has 1 saturated heterocycles. The van der Waals surface area contributed by atoms with E-state index in [4.69, 9.17) is 0 Å². The van der Waals surface area contributed by atoms with Crippen LogP contribution in [0.2, 0.25) is 0 Å². The Morgan fingerprint density at radius 3 is 3.00 bits per heavy atom. The van der Waals surface area contributed by atoms with E-state index in [9.17, 15) is 4.79 Å². The summed E-state index contributed by atoms with van der Waals surface area (Å²) in [7, 11) is 1.90. The largest absolute Gasteiger partial charge is 0.342 e. The van der Waals surface area contributed by atoms with Gasteiger partial charge in [-0.25, -0.2) is 4.98 Å². The minimum Gasteiger partial charge on any atom is -0.342 e. The molecule has 5 heteroatoms. The summed E-state index contributed by atoms with van der Waals surface area (Å²) in [5.41, 5.74) is 2.24. The maximum Gasteiger partial charge on any atom is 0.219 e. The maximum atomic E-state index is 11.4. The third-order valence-corrected chi connectivity index (χ3v) is 4.48. The molecule has 21 heavy (non-hydrogen) atoms. The molecule has 3 rings (SSSR count). The van der Waals surface area contributed by atoms with Gasteiger partial charge in [-0.1, -0.05) is 12.1 Å². The third kappa shape index (κ3) is 2.93. The van der Waals surface area contributed by atoms with Crippen LogP contribution in [-0.2, 0) is 11.3 Å². The number of rotatable bonds is 4. The van der Waals surface area contributed by atoms with Gasteiger partial charge >= 0.3 is 0 Å². The van der Waals surface area contributed by atoms with Gasteiger partial charge in [0.2, 0.25) is 5.91 Å². The summed E-state index contributed by atoms with van der Waals surface area (Å²) in [6.07, 6.45) is 2.99. The molecular formula is C16H22N4O. The molecule has 5 nitrogen and oxygen atoms in total. The third-order valence-electron chi connectivity index (χ3n) is 4.48. The summed E-state index contributed by atoms with van der Waals surface area (Å²) in [6.45, 7) is 5.62. The predicted molar refractivity (Wildman–Crippen MR) is 83.0 cm³/mol. The fourth-order valence-corrected chi connectivity index (χ4v) is 3.03. The first-order valence-corrected chi connectivity index (χ1v) is 7.51. The van der Waals surface area contributed by atoms with Crippen molar-refractivity contribution in [2.75, 3.05) is 26.7 Å². The van der Waals surface area contributed by atoms with Crippen LogP contribution in [0.5, 0.6) is 0 Å². The second-order valence-corrected chi connectivity index (χ2v) is 5.80. The SMILES string of the molecule is CC(=O)N(C)C1CCN(CCn2cnc3ccccc32)C1. The highest BCUT2D eigenvalue weighted by Crippen LogP contribution is 2.16. The van der Waals surface area contributed by atoms with Gasteiger partial charge in [-0.3, -0.25) is 9.69 Å². The lowest BCUT2D eigenvalue weighted by atomic mass is 10.2. The summed E-state index contributed by atoms with van der Waals surface area (Å²) >= 11 is 0. The summed E-state index contributed by atoms with van der Waals surface area (Å²) in [5, 5.41) is 0. The number of fused-ring (bicyclic) bond motifs is 1. The van der Waals surface area contributed by atoms with Crippen LogP contribution >= 0.6 is 0 Å². The monoisotopic (exact) mass is 286 g/mol. The first-order valence-electron chi connectivity index (χ1n) is 7.51. The van der Waals surface area contributed by atoms with Crippen LogP contribution in [0, 0.1) is 0 Å². The highest BCUT2D eigenvalue weighted by atomic mass is 16.2. The van der Waals surface area contributed by atoms with Crippen LogP contribution in [0.3, 0.4) is 0 Å². The van der Waals surface area contributed by atoms with Gasteiger partial charge in [0.1, 0.15) is 0 Å². The minimum atomic E-state index is 0.155. The number of likely N-dealkylation sites (N-methyl/N-ethyl adjacent to an activating group) is 1. The number of hydrogen-bond donors (Lipinski definition) is 0. The van der Waals surface area contributed by atoms with Gasteiger partial charge in [0.15, 0.2) is 0 Å². The molecule has 1 unspecified atom stereocenters. The summed E-state index contributed by atoms with van der Waals surface area (Å²) < 4.78 is 2.21. The Morgan fingerprint density at radius 1 is 1.38 bits per heavy atom. The van der Waals surface area contributed by atoms with Crippen LogP contribution in [0.15, 0.2) is 30.6 Å². The van der Waals surface area contributed by atoms with Crippen LogP contribution in [-0.4, -0.2) is 58.0 Å². The highest BCUT2D eigenvalue weighted by molar-refractivity contribution is 5.75. The van der Waals surface area contributed by atoms with Crippen molar-refractivity contribution in [3.63, 3.8) is 0 Å². The number of carbonyl (C=O) groups excluding carboxylic acids is 1. The Labute approximate surface area is 125 Å². The van der Waals surface area contributed by atoms with Gasteiger partial charge in [0.25, 0.3) is 0 Å².